The van der Waals surface area contributed by atoms with E-state index < -0.39 is 6.03 Å². The van der Waals surface area contributed by atoms with Crippen molar-refractivity contribution < 1.29 is 14.3 Å². The largest absolute Gasteiger partial charge is 0.383 e. The Labute approximate surface area is 132 Å². The average molecular weight is 312 g/mol. The van der Waals surface area contributed by atoms with Crippen LogP contribution < -0.4 is 10.6 Å². The van der Waals surface area contributed by atoms with Crippen LogP contribution in [0.2, 0.25) is 0 Å². The molecule has 1 aliphatic heterocycles. The maximum absolute atomic E-state index is 11.8. The number of amides is 3. The number of methoxy groups -OCH3 is 1. The molecular weight excluding hydrogens is 284 g/mol. The zero-order chi connectivity index (χ0) is 15.8. The van der Waals surface area contributed by atoms with Crippen LogP contribution in [0.4, 0.5) is 4.79 Å². The van der Waals surface area contributed by atoms with Gasteiger partial charge in [0, 0.05) is 45.9 Å². The third-order valence-corrected chi connectivity index (χ3v) is 4.46. The van der Waals surface area contributed by atoms with Crippen LogP contribution in [-0.2, 0) is 9.53 Å². The first kappa shape index (κ1) is 17.2. The highest BCUT2D eigenvalue weighted by Crippen LogP contribution is 2.24. The molecule has 7 nitrogen and oxygen atoms in total. The quantitative estimate of drug-likeness (QED) is 0.676. The maximum atomic E-state index is 11.8. The summed E-state index contributed by atoms with van der Waals surface area (Å²) in [5.41, 5.74) is 0. The summed E-state index contributed by atoms with van der Waals surface area (Å²) < 4.78 is 4.83. The Morgan fingerprint density at radius 2 is 1.82 bits per heavy atom. The van der Waals surface area contributed by atoms with Gasteiger partial charge in [-0.1, -0.05) is 12.8 Å². The van der Waals surface area contributed by atoms with E-state index in [4.69, 9.17) is 4.74 Å². The zero-order valence-corrected chi connectivity index (χ0v) is 13.5. The molecule has 0 aromatic heterocycles. The second-order valence-corrected chi connectivity index (χ2v) is 6.05. The molecule has 3 amide bonds. The van der Waals surface area contributed by atoms with E-state index in [-0.39, 0.29) is 12.5 Å². The predicted octanol–water partition coefficient (Wildman–Crippen LogP) is 0.0188. The lowest BCUT2D eigenvalue weighted by atomic mass is 10.2. The molecule has 1 saturated carbocycles. The summed E-state index contributed by atoms with van der Waals surface area (Å²) in [5, 5.41) is 4.93. The van der Waals surface area contributed by atoms with Crippen LogP contribution in [-0.4, -0.2) is 80.8 Å². The van der Waals surface area contributed by atoms with Crippen molar-refractivity contribution in [3.05, 3.63) is 0 Å². The Morgan fingerprint density at radius 3 is 2.45 bits per heavy atom. The van der Waals surface area contributed by atoms with Gasteiger partial charge >= 0.3 is 6.03 Å². The maximum Gasteiger partial charge on any atom is 0.321 e. The van der Waals surface area contributed by atoms with Crippen molar-refractivity contribution in [1.29, 1.82) is 0 Å². The summed E-state index contributed by atoms with van der Waals surface area (Å²) >= 11 is 0. The molecule has 22 heavy (non-hydrogen) atoms. The van der Waals surface area contributed by atoms with Gasteiger partial charge in [-0.3, -0.25) is 19.9 Å². The molecule has 1 heterocycles. The average Bonchev–Trinajstić information content (AvgIpc) is 3.02. The Balaban J connectivity index is 1.60. The summed E-state index contributed by atoms with van der Waals surface area (Å²) in [5.74, 6) is -0.246. The zero-order valence-electron chi connectivity index (χ0n) is 13.5. The number of hydrogen-bond acceptors (Lipinski definition) is 5. The smallest absolute Gasteiger partial charge is 0.321 e. The van der Waals surface area contributed by atoms with E-state index in [0.717, 1.165) is 32.2 Å². The molecule has 2 N–H and O–H groups in total. The van der Waals surface area contributed by atoms with Crippen LogP contribution >= 0.6 is 0 Å². The molecule has 0 radical (unpaired) electrons. The molecule has 0 spiro atoms. The lowest BCUT2D eigenvalue weighted by molar-refractivity contribution is -0.121. The van der Waals surface area contributed by atoms with Gasteiger partial charge in [-0.05, 0) is 12.8 Å². The van der Waals surface area contributed by atoms with Crippen molar-refractivity contribution in [1.82, 2.24) is 20.4 Å². The van der Waals surface area contributed by atoms with Crippen LogP contribution in [0.5, 0.6) is 0 Å². The van der Waals surface area contributed by atoms with Gasteiger partial charge < -0.3 is 10.1 Å². The van der Waals surface area contributed by atoms with E-state index in [0.29, 0.717) is 13.2 Å². The highest BCUT2D eigenvalue weighted by atomic mass is 16.5. The van der Waals surface area contributed by atoms with Gasteiger partial charge in [-0.25, -0.2) is 4.79 Å². The molecule has 0 aromatic rings. The summed E-state index contributed by atoms with van der Waals surface area (Å²) in [6.45, 7) is 4.97. The third-order valence-electron chi connectivity index (χ3n) is 4.46. The second-order valence-electron chi connectivity index (χ2n) is 6.05. The first-order chi connectivity index (χ1) is 10.7. The summed E-state index contributed by atoms with van der Waals surface area (Å²) in [7, 11) is 1.57. The normalized spacial score (nSPS) is 21.0. The van der Waals surface area contributed by atoms with Crippen LogP contribution in [0.25, 0.3) is 0 Å². The highest BCUT2D eigenvalue weighted by molar-refractivity contribution is 5.95. The van der Waals surface area contributed by atoms with E-state index in [1.54, 1.807) is 7.11 Å². The van der Waals surface area contributed by atoms with Crippen molar-refractivity contribution in [3.63, 3.8) is 0 Å². The molecule has 7 heteroatoms. The minimum absolute atomic E-state index is 0.246. The van der Waals surface area contributed by atoms with Crippen molar-refractivity contribution >= 4 is 11.9 Å². The molecule has 0 aromatic carbocycles. The Morgan fingerprint density at radius 1 is 1.14 bits per heavy atom. The molecule has 0 unspecified atom stereocenters. The highest BCUT2D eigenvalue weighted by Gasteiger charge is 2.26. The fraction of sp³-hybridized carbons (Fsp3) is 0.867. The summed E-state index contributed by atoms with van der Waals surface area (Å²) in [4.78, 5) is 28.0. The summed E-state index contributed by atoms with van der Waals surface area (Å²) in [6, 6.07) is 0.300. The van der Waals surface area contributed by atoms with Crippen molar-refractivity contribution in [2.45, 2.75) is 31.7 Å². The molecule has 1 aliphatic carbocycles. The number of nitrogens with one attached hydrogen (secondary N) is 2. The van der Waals surface area contributed by atoms with Crippen LogP contribution in [0.1, 0.15) is 25.7 Å². The number of urea groups is 1. The van der Waals surface area contributed by atoms with E-state index >= 15 is 0 Å². The Kier molecular flexibility index (Phi) is 7.08. The molecule has 0 bridgehead atoms. The molecule has 1 saturated heterocycles. The fourth-order valence-electron chi connectivity index (χ4n) is 3.24. The predicted molar refractivity (Wildman–Crippen MR) is 83.7 cm³/mol. The van der Waals surface area contributed by atoms with Gasteiger partial charge in [0.1, 0.15) is 0 Å². The lowest BCUT2D eigenvalue weighted by Gasteiger charge is -2.37. The third kappa shape index (κ3) is 5.55. The molecule has 0 atom stereocenters. The number of rotatable bonds is 6. The van der Waals surface area contributed by atoms with Gasteiger partial charge in [0.05, 0.1) is 13.2 Å². The van der Waals surface area contributed by atoms with Crippen LogP contribution in [0.15, 0.2) is 0 Å². The van der Waals surface area contributed by atoms with Gasteiger partial charge in [0.2, 0.25) is 5.91 Å². The Bertz CT molecular complexity index is 364. The van der Waals surface area contributed by atoms with E-state index in [1.807, 2.05) is 0 Å². The van der Waals surface area contributed by atoms with Gasteiger partial charge in [0.25, 0.3) is 0 Å². The molecule has 2 aliphatic rings. The van der Waals surface area contributed by atoms with Crippen LogP contribution in [0.3, 0.4) is 0 Å². The molecule has 2 fully saturated rings. The van der Waals surface area contributed by atoms with Crippen molar-refractivity contribution in [2.75, 3.05) is 53.0 Å². The lowest BCUT2D eigenvalue weighted by Crippen LogP contribution is -2.53. The van der Waals surface area contributed by atoms with E-state index in [1.165, 1.54) is 25.7 Å². The fourth-order valence-corrected chi connectivity index (χ4v) is 3.24. The Hall–Kier alpha value is -1.18. The standard InChI is InChI=1S/C15H28N4O3/c1-22-11-6-16-15(21)17-14(20)12-18-7-9-19(10-8-18)13-4-2-3-5-13/h13H,2-12H2,1H3,(H2,16,17,20,21). The van der Waals surface area contributed by atoms with Crippen molar-refractivity contribution in [3.8, 4) is 0 Å². The van der Waals surface area contributed by atoms with Gasteiger partial charge in [-0.2, -0.15) is 0 Å². The molecule has 126 valence electrons. The van der Waals surface area contributed by atoms with E-state index in [2.05, 4.69) is 20.4 Å². The van der Waals surface area contributed by atoms with Crippen LogP contribution in [0, 0.1) is 0 Å². The SMILES string of the molecule is COCCNC(=O)NC(=O)CN1CCN(C2CCCC2)CC1. The minimum Gasteiger partial charge on any atom is -0.383 e. The number of carbonyl (C=O) groups is 2. The molecule has 2 rings (SSSR count). The number of ether oxygens (including phenoxy) is 1. The second kappa shape index (κ2) is 9.07. The van der Waals surface area contributed by atoms with Crippen molar-refractivity contribution in [2.24, 2.45) is 0 Å². The topological polar surface area (TPSA) is 73.9 Å². The number of hydrogen-bond donors (Lipinski definition) is 2. The van der Waals surface area contributed by atoms with E-state index in [9.17, 15) is 9.59 Å². The molecular formula is C15H28N4O3. The number of nitrogens with zero attached hydrogens (tertiary/aromatic N) is 2. The number of carbonyl (C=O) groups excluding carboxylic acids is 2. The first-order valence-corrected chi connectivity index (χ1v) is 8.22. The number of imide groups is 1. The first-order valence-electron chi connectivity index (χ1n) is 8.22. The number of piperazine rings is 1. The summed E-state index contributed by atoms with van der Waals surface area (Å²) in [6.07, 6.45) is 5.35. The van der Waals surface area contributed by atoms with Gasteiger partial charge in [0.15, 0.2) is 0 Å². The minimum atomic E-state index is -0.452. The van der Waals surface area contributed by atoms with Gasteiger partial charge in [-0.15, -0.1) is 0 Å². The monoisotopic (exact) mass is 312 g/mol.